The number of amides is 2. The van der Waals surface area contributed by atoms with Crippen molar-refractivity contribution in [3.8, 4) is 5.75 Å². The van der Waals surface area contributed by atoms with Gasteiger partial charge in [0.05, 0.1) is 9.80 Å². The molecule has 0 spiro atoms. The summed E-state index contributed by atoms with van der Waals surface area (Å²) in [4.78, 5) is 38.4. The van der Waals surface area contributed by atoms with Crippen LogP contribution in [0.15, 0.2) is 36.4 Å². The predicted octanol–water partition coefficient (Wildman–Crippen LogP) is 3.15. The van der Waals surface area contributed by atoms with Crippen LogP contribution < -0.4 is 4.74 Å². The minimum Gasteiger partial charge on any atom is -0.406 e. The molecule has 154 valence electrons. The van der Waals surface area contributed by atoms with Crippen molar-refractivity contribution in [3.05, 3.63) is 57.0 Å². The SMILES string of the molecule is O=C(c1ccc(OC(F)(F)F)cc1)N1CCN(C(=O)c2ccc([N+](=O)[O-])s2)CC1. The average Bonchev–Trinajstić information content (AvgIpc) is 3.17. The number of rotatable bonds is 4. The standard InChI is InChI=1S/C17H14F3N3O5S/c18-17(19,20)28-12-3-1-11(2-4-12)15(24)21-7-9-22(10-8-21)16(25)13-5-6-14(29-13)23(26)27/h1-6H,7-10H2. The maximum atomic E-state index is 12.5. The summed E-state index contributed by atoms with van der Waals surface area (Å²) in [5.74, 6) is -1.14. The monoisotopic (exact) mass is 429 g/mol. The lowest BCUT2D eigenvalue weighted by Gasteiger charge is -2.34. The van der Waals surface area contributed by atoms with Crippen molar-refractivity contribution in [2.24, 2.45) is 0 Å². The molecule has 3 rings (SSSR count). The Morgan fingerprint density at radius 2 is 1.52 bits per heavy atom. The number of hydrogen-bond acceptors (Lipinski definition) is 6. The number of alkyl halides is 3. The van der Waals surface area contributed by atoms with Gasteiger partial charge in [0.15, 0.2) is 0 Å². The van der Waals surface area contributed by atoms with E-state index in [0.29, 0.717) is 0 Å². The Morgan fingerprint density at radius 1 is 0.966 bits per heavy atom. The van der Waals surface area contributed by atoms with Crippen molar-refractivity contribution in [1.29, 1.82) is 0 Å². The summed E-state index contributed by atoms with van der Waals surface area (Å²) in [6, 6.07) is 7.27. The Bertz CT molecular complexity index is 921. The van der Waals surface area contributed by atoms with E-state index in [1.807, 2.05) is 0 Å². The number of piperazine rings is 1. The Morgan fingerprint density at radius 3 is 2.00 bits per heavy atom. The number of ether oxygens (including phenoxy) is 1. The van der Waals surface area contributed by atoms with Gasteiger partial charge < -0.3 is 14.5 Å². The Kier molecular flexibility index (Phi) is 5.73. The lowest BCUT2D eigenvalue weighted by molar-refractivity contribution is -0.380. The third-order valence-electron chi connectivity index (χ3n) is 4.17. The van der Waals surface area contributed by atoms with E-state index in [-0.39, 0.29) is 53.4 Å². The normalized spacial score (nSPS) is 14.6. The average molecular weight is 429 g/mol. The fraction of sp³-hybridized carbons (Fsp3) is 0.294. The van der Waals surface area contributed by atoms with Gasteiger partial charge in [-0.05, 0) is 30.3 Å². The van der Waals surface area contributed by atoms with Crippen LogP contribution in [-0.4, -0.2) is 59.1 Å². The molecule has 0 unspecified atom stereocenters. The molecule has 1 aliphatic heterocycles. The molecule has 0 bridgehead atoms. The van der Waals surface area contributed by atoms with E-state index in [1.165, 1.54) is 34.1 Å². The van der Waals surface area contributed by atoms with Gasteiger partial charge in [-0.15, -0.1) is 13.2 Å². The van der Waals surface area contributed by atoms with Crippen molar-refractivity contribution in [3.63, 3.8) is 0 Å². The number of carbonyl (C=O) groups is 2. The molecule has 0 radical (unpaired) electrons. The first-order chi connectivity index (χ1) is 13.6. The third kappa shape index (κ3) is 5.02. The van der Waals surface area contributed by atoms with E-state index in [2.05, 4.69) is 4.74 Å². The first-order valence-electron chi connectivity index (χ1n) is 8.32. The number of nitro groups is 1. The van der Waals surface area contributed by atoms with Gasteiger partial charge in [-0.3, -0.25) is 19.7 Å². The summed E-state index contributed by atoms with van der Waals surface area (Å²) in [7, 11) is 0. The number of thiophene rings is 1. The highest BCUT2D eigenvalue weighted by molar-refractivity contribution is 7.17. The van der Waals surface area contributed by atoms with Crippen LogP contribution in [0.5, 0.6) is 5.75 Å². The molecule has 0 aliphatic carbocycles. The molecule has 0 N–H and O–H groups in total. The fourth-order valence-electron chi connectivity index (χ4n) is 2.79. The van der Waals surface area contributed by atoms with Gasteiger partial charge in [-0.1, -0.05) is 11.3 Å². The van der Waals surface area contributed by atoms with E-state index >= 15 is 0 Å². The van der Waals surface area contributed by atoms with Crippen LogP contribution in [0.1, 0.15) is 20.0 Å². The molecule has 29 heavy (non-hydrogen) atoms. The van der Waals surface area contributed by atoms with E-state index in [9.17, 15) is 32.9 Å². The number of halogens is 3. The number of carbonyl (C=O) groups excluding carboxylic acids is 2. The number of hydrogen-bond donors (Lipinski definition) is 0. The molecule has 0 atom stereocenters. The van der Waals surface area contributed by atoms with E-state index in [0.717, 1.165) is 23.5 Å². The largest absolute Gasteiger partial charge is 0.573 e. The van der Waals surface area contributed by atoms with Crippen molar-refractivity contribution in [2.75, 3.05) is 26.2 Å². The molecule has 2 amide bonds. The smallest absolute Gasteiger partial charge is 0.406 e. The Balaban J connectivity index is 1.57. The van der Waals surface area contributed by atoms with Gasteiger partial charge >= 0.3 is 11.4 Å². The van der Waals surface area contributed by atoms with Crippen LogP contribution in [0.2, 0.25) is 0 Å². The quantitative estimate of drug-likeness (QED) is 0.550. The van der Waals surface area contributed by atoms with Crippen molar-refractivity contribution in [2.45, 2.75) is 6.36 Å². The minimum atomic E-state index is -4.81. The second-order valence-corrected chi connectivity index (χ2v) is 7.11. The molecular weight excluding hydrogens is 415 g/mol. The third-order valence-corrected chi connectivity index (χ3v) is 5.20. The van der Waals surface area contributed by atoms with Gasteiger partial charge in [0.2, 0.25) is 0 Å². The molecule has 1 fully saturated rings. The zero-order valence-electron chi connectivity index (χ0n) is 14.7. The molecule has 1 aromatic heterocycles. The van der Waals surface area contributed by atoms with Crippen LogP contribution in [0.4, 0.5) is 18.2 Å². The lowest BCUT2D eigenvalue weighted by atomic mass is 10.1. The fourth-order valence-corrected chi connectivity index (χ4v) is 3.58. The molecule has 0 saturated carbocycles. The Hall–Kier alpha value is -3.15. The van der Waals surface area contributed by atoms with Crippen molar-refractivity contribution >= 4 is 28.2 Å². The predicted molar refractivity (Wildman–Crippen MR) is 95.9 cm³/mol. The summed E-state index contributed by atoms with van der Waals surface area (Å²) < 4.78 is 40.4. The zero-order valence-corrected chi connectivity index (χ0v) is 15.5. The van der Waals surface area contributed by atoms with Gasteiger partial charge in [0.25, 0.3) is 11.8 Å². The first kappa shape index (κ1) is 20.6. The molecular formula is C17H14F3N3O5S. The topological polar surface area (TPSA) is 93.0 Å². The summed E-state index contributed by atoms with van der Waals surface area (Å²) in [5, 5.41) is 10.6. The van der Waals surface area contributed by atoms with Crippen molar-refractivity contribution < 1.29 is 32.4 Å². The van der Waals surface area contributed by atoms with Crippen LogP contribution in [0.3, 0.4) is 0 Å². The molecule has 12 heteroatoms. The summed E-state index contributed by atoms with van der Waals surface area (Å²) in [6.45, 7) is 0.953. The molecule has 1 saturated heterocycles. The molecule has 1 aromatic carbocycles. The first-order valence-corrected chi connectivity index (χ1v) is 9.14. The van der Waals surface area contributed by atoms with Gasteiger partial charge in [0, 0.05) is 37.8 Å². The molecule has 2 heterocycles. The molecule has 2 aromatic rings. The van der Waals surface area contributed by atoms with Crippen LogP contribution >= 0.6 is 11.3 Å². The second-order valence-electron chi connectivity index (χ2n) is 6.05. The second kappa shape index (κ2) is 8.07. The molecule has 1 aliphatic rings. The summed E-state index contributed by atoms with van der Waals surface area (Å²) >= 11 is 0.789. The summed E-state index contributed by atoms with van der Waals surface area (Å²) in [6.07, 6.45) is -4.81. The van der Waals surface area contributed by atoms with Crippen LogP contribution in [0, 0.1) is 10.1 Å². The van der Waals surface area contributed by atoms with Crippen LogP contribution in [0.25, 0.3) is 0 Å². The summed E-state index contributed by atoms with van der Waals surface area (Å²) in [5.41, 5.74) is 0.202. The Labute approximate surface area is 166 Å². The maximum Gasteiger partial charge on any atom is 0.573 e. The highest BCUT2D eigenvalue weighted by atomic mass is 32.1. The molecule has 8 nitrogen and oxygen atoms in total. The lowest BCUT2D eigenvalue weighted by Crippen LogP contribution is -2.50. The van der Waals surface area contributed by atoms with E-state index in [4.69, 9.17) is 0 Å². The number of benzene rings is 1. The highest BCUT2D eigenvalue weighted by Gasteiger charge is 2.31. The van der Waals surface area contributed by atoms with E-state index < -0.39 is 17.0 Å². The van der Waals surface area contributed by atoms with Crippen LogP contribution in [-0.2, 0) is 0 Å². The van der Waals surface area contributed by atoms with Gasteiger partial charge in [-0.25, -0.2) is 0 Å². The van der Waals surface area contributed by atoms with Crippen molar-refractivity contribution in [1.82, 2.24) is 9.80 Å². The maximum absolute atomic E-state index is 12.5. The van der Waals surface area contributed by atoms with Gasteiger partial charge in [-0.2, -0.15) is 0 Å². The van der Waals surface area contributed by atoms with E-state index in [1.54, 1.807) is 0 Å². The minimum absolute atomic E-state index is 0.125. The zero-order chi connectivity index (χ0) is 21.2. The van der Waals surface area contributed by atoms with Gasteiger partial charge in [0.1, 0.15) is 5.75 Å². The number of nitrogens with zero attached hydrogens (tertiary/aromatic N) is 3. The highest BCUT2D eigenvalue weighted by Crippen LogP contribution is 2.26.